The minimum Gasteiger partial charge on any atom is -0.481 e. The highest BCUT2D eigenvalue weighted by molar-refractivity contribution is 8.00. The molecule has 2 fully saturated rings. The lowest BCUT2D eigenvalue weighted by molar-refractivity contribution is -0.156. The van der Waals surface area contributed by atoms with E-state index in [1.54, 1.807) is 0 Å². The molecule has 1 atom stereocenters. The molecule has 0 aromatic carbocycles. The minimum absolute atomic E-state index is 0.0491. The second-order valence-corrected chi connectivity index (χ2v) is 7.47. The first-order chi connectivity index (χ1) is 9.57. The molecule has 1 N–H and O–H groups in total. The molecule has 0 aromatic heterocycles. The van der Waals surface area contributed by atoms with Crippen molar-refractivity contribution >= 4 is 23.6 Å². The average Bonchev–Trinajstić information content (AvgIpc) is 2.48. The van der Waals surface area contributed by atoms with E-state index in [0.717, 1.165) is 44.5 Å². The highest BCUT2D eigenvalue weighted by Crippen LogP contribution is 2.40. The number of amides is 1. The maximum absolute atomic E-state index is 12.5. The normalized spacial score (nSPS) is 26.2. The second kappa shape index (κ2) is 6.83. The van der Waals surface area contributed by atoms with Crippen LogP contribution in [-0.2, 0) is 9.59 Å². The fourth-order valence-corrected chi connectivity index (χ4v) is 4.47. The highest BCUT2D eigenvalue weighted by Gasteiger charge is 2.42. The van der Waals surface area contributed by atoms with Crippen LogP contribution in [0, 0.1) is 5.41 Å². The number of aliphatic carboxylic acids is 1. The molecule has 1 saturated heterocycles. The monoisotopic (exact) mass is 299 g/mol. The van der Waals surface area contributed by atoms with Gasteiger partial charge in [0.15, 0.2) is 0 Å². The Bertz CT molecular complexity index is 366. The van der Waals surface area contributed by atoms with Crippen molar-refractivity contribution in [1.82, 2.24) is 4.90 Å². The van der Waals surface area contributed by atoms with Crippen molar-refractivity contribution in [2.75, 3.05) is 18.8 Å². The van der Waals surface area contributed by atoms with E-state index in [1.165, 1.54) is 0 Å². The smallest absolute Gasteiger partial charge is 0.310 e. The van der Waals surface area contributed by atoms with Gasteiger partial charge in [-0.3, -0.25) is 9.59 Å². The van der Waals surface area contributed by atoms with E-state index in [-0.39, 0.29) is 12.3 Å². The molecule has 1 aliphatic carbocycles. The van der Waals surface area contributed by atoms with Crippen molar-refractivity contribution in [1.29, 1.82) is 0 Å². The van der Waals surface area contributed by atoms with Crippen LogP contribution >= 0.6 is 11.8 Å². The van der Waals surface area contributed by atoms with E-state index in [2.05, 4.69) is 6.92 Å². The van der Waals surface area contributed by atoms with Crippen LogP contribution < -0.4 is 0 Å². The molecule has 1 heterocycles. The Hall–Kier alpha value is -0.710. The number of carbonyl (C=O) groups is 2. The molecular formula is C15H25NO3S. The molecule has 0 spiro atoms. The first-order valence-corrected chi connectivity index (χ1v) is 8.75. The van der Waals surface area contributed by atoms with Crippen LogP contribution in [0.25, 0.3) is 0 Å². The second-order valence-electron chi connectivity index (χ2n) is 6.06. The number of carboxylic acids is 1. The van der Waals surface area contributed by atoms with Crippen LogP contribution in [0.15, 0.2) is 0 Å². The maximum Gasteiger partial charge on any atom is 0.310 e. The first kappa shape index (κ1) is 15.7. The number of carbonyl (C=O) groups excluding carboxylic acids is 1. The number of nitrogens with zero attached hydrogens (tertiary/aromatic N) is 1. The van der Waals surface area contributed by atoms with E-state index >= 15 is 0 Å². The van der Waals surface area contributed by atoms with Gasteiger partial charge in [-0.15, -0.1) is 0 Å². The zero-order valence-electron chi connectivity index (χ0n) is 12.3. The number of hydrogen-bond acceptors (Lipinski definition) is 3. The zero-order valence-corrected chi connectivity index (χ0v) is 13.1. The molecule has 5 heteroatoms. The molecule has 2 rings (SSSR count). The summed E-state index contributed by atoms with van der Waals surface area (Å²) >= 11 is 1.93. The van der Waals surface area contributed by atoms with Gasteiger partial charge in [-0.1, -0.05) is 26.2 Å². The zero-order chi connectivity index (χ0) is 14.6. The predicted molar refractivity (Wildman–Crippen MR) is 80.9 cm³/mol. The quantitative estimate of drug-likeness (QED) is 0.867. The van der Waals surface area contributed by atoms with Gasteiger partial charge >= 0.3 is 5.97 Å². The Morgan fingerprint density at radius 1 is 1.30 bits per heavy atom. The number of carboxylic acid groups (broad SMARTS) is 1. The highest BCUT2D eigenvalue weighted by atomic mass is 32.2. The molecule has 0 bridgehead atoms. The predicted octanol–water partition coefficient (Wildman–Crippen LogP) is 2.77. The summed E-state index contributed by atoms with van der Waals surface area (Å²) in [5.41, 5.74) is -0.790. The topological polar surface area (TPSA) is 57.6 Å². The average molecular weight is 299 g/mol. The van der Waals surface area contributed by atoms with Gasteiger partial charge in [0, 0.05) is 30.5 Å². The molecule has 114 valence electrons. The van der Waals surface area contributed by atoms with Crippen LogP contribution in [0.2, 0.25) is 0 Å². The molecule has 0 aromatic rings. The largest absolute Gasteiger partial charge is 0.481 e. The number of thioether (sulfide) groups is 1. The van der Waals surface area contributed by atoms with Crippen molar-refractivity contribution in [3.05, 3.63) is 0 Å². The third-order valence-corrected chi connectivity index (χ3v) is 6.07. The summed E-state index contributed by atoms with van der Waals surface area (Å²) in [6.45, 7) is 3.71. The summed E-state index contributed by atoms with van der Waals surface area (Å²) in [5.74, 6) is 0.252. The van der Waals surface area contributed by atoms with Crippen molar-refractivity contribution in [2.24, 2.45) is 5.41 Å². The minimum atomic E-state index is -0.790. The number of hydrogen-bond donors (Lipinski definition) is 1. The molecule has 1 saturated carbocycles. The standard InChI is InChI=1S/C15H25NO3S/c1-2-12-11-16(8-9-20-12)13(17)10-15(14(18)19)6-4-3-5-7-15/h12H,2-11H2,1H3,(H,18,19). The maximum atomic E-state index is 12.5. The SMILES string of the molecule is CCC1CN(C(=O)CC2(C(=O)O)CCCCC2)CCS1. The third kappa shape index (κ3) is 3.48. The van der Waals surface area contributed by atoms with Crippen LogP contribution in [0.3, 0.4) is 0 Å². The first-order valence-electron chi connectivity index (χ1n) is 7.70. The Kier molecular flexibility index (Phi) is 5.35. The van der Waals surface area contributed by atoms with Crippen molar-refractivity contribution < 1.29 is 14.7 Å². The summed E-state index contributed by atoms with van der Waals surface area (Å²) in [6, 6.07) is 0. The Balaban J connectivity index is 1.99. The van der Waals surface area contributed by atoms with Crippen molar-refractivity contribution in [2.45, 2.75) is 57.1 Å². The van der Waals surface area contributed by atoms with Gasteiger partial charge in [0.2, 0.25) is 5.91 Å². The van der Waals surface area contributed by atoms with E-state index in [9.17, 15) is 14.7 Å². The van der Waals surface area contributed by atoms with Crippen LogP contribution in [0.4, 0.5) is 0 Å². The van der Waals surface area contributed by atoms with E-state index in [1.807, 2.05) is 16.7 Å². The summed E-state index contributed by atoms with van der Waals surface area (Å²) in [5, 5.41) is 10.1. The summed E-state index contributed by atoms with van der Waals surface area (Å²) < 4.78 is 0. The molecule has 0 radical (unpaired) electrons. The van der Waals surface area contributed by atoms with Gasteiger partial charge in [0.1, 0.15) is 0 Å². The Morgan fingerprint density at radius 3 is 2.60 bits per heavy atom. The van der Waals surface area contributed by atoms with Crippen LogP contribution in [0.1, 0.15) is 51.9 Å². The van der Waals surface area contributed by atoms with E-state index in [4.69, 9.17) is 0 Å². The lowest BCUT2D eigenvalue weighted by Crippen LogP contribution is -2.45. The number of rotatable bonds is 4. The Labute approximate surface area is 125 Å². The summed E-state index contributed by atoms with van der Waals surface area (Å²) in [4.78, 5) is 26.0. The molecule has 1 amide bonds. The fourth-order valence-electron chi connectivity index (χ4n) is 3.29. The van der Waals surface area contributed by atoms with Gasteiger partial charge in [-0.2, -0.15) is 11.8 Å². The van der Waals surface area contributed by atoms with Gasteiger partial charge in [-0.25, -0.2) is 0 Å². The lowest BCUT2D eigenvalue weighted by atomic mass is 9.71. The van der Waals surface area contributed by atoms with Gasteiger partial charge in [-0.05, 0) is 19.3 Å². The van der Waals surface area contributed by atoms with Crippen molar-refractivity contribution in [3.63, 3.8) is 0 Å². The molecule has 1 aliphatic heterocycles. The van der Waals surface area contributed by atoms with Crippen LogP contribution in [0.5, 0.6) is 0 Å². The molecular weight excluding hydrogens is 274 g/mol. The molecule has 1 unspecified atom stereocenters. The lowest BCUT2D eigenvalue weighted by Gasteiger charge is -2.37. The third-order valence-electron chi connectivity index (χ3n) is 4.70. The van der Waals surface area contributed by atoms with Gasteiger partial charge < -0.3 is 10.0 Å². The molecule has 20 heavy (non-hydrogen) atoms. The van der Waals surface area contributed by atoms with E-state index < -0.39 is 11.4 Å². The van der Waals surface area contributed by atoms with Crippen molar-refractivity contribution in [3.8, 4) is 0 Å². The van der Waals surface area contributed by atoms with Crippen LogP contribution in [-0.4, -0.2) is 46.0 Å². The molecule has 4 nitrogen and oxygen atoms in total. The van der Waals surface area contributed by atoms with Gasteiger partial charge in [0.25, 0.3) is 0 Å². The van der Waals surface area contributed by atoms with Gasteiger partial charge in [0.05, 0.1) is 5.41 Å². The fraction of sp³-hybridized carbons (Fsp3) is 0.867. The molecule has 2 aliphatic rings. The Morgan fingerprint density at radius 2 is 2.00 bits per heavy atom. The summed E-state index contributed by atoms with van der Waals surface area (Å²) in [7, 11) is 0. The summed E-state index contributed by atoms with van der Waals surface area (Å²) in [6.07, 6.45) is 5.56. The van der Waals surface area contributed by atoms with E-state index in [0.29, 0.717) is 18.1 Å².